The van der Waals surface area contributed by atoms with Gasteiger partial charge in [0.25, 0.3) is 0 Å². The summed E-state index contributed by atoms with van der Waals surface area (Å²) in [7, 11) is 0. The van der Waals surface area contributed by atoms with Crippen LogP contribution in [0.3, 0.4) is 0 Å². The van der Waals surface area contributed by atoms with E-state index in [0.29, 0.717) is 6.54 Å². The maximum atomic E-state index is 14.3. The fourth-order valence-corrected chi connectivity index (χ4v) is 3.79. The van der Waals surface area contributed by atoms with Crippen LogP contribution in [0.4, 0.5) is 10.1 Å². The lowest BCUT2D eigenvalue weighted by Gasteiger charge is -2.23. The van der Waals surface area contributed by atoms with Gasteiger partial charge < -0.3 is 9.88 Å². The number of thiazole rings is 1. The third kappa shape index (κ3) is 3.25. The molecule has 0 atom stereocenters. The summed E-state index contributed by atoms with van der Waals surface area (Å²) >= 11 is 1.58. The van der Waals surface area contributed by atoms with E-state index >= 15 is 0 Å². The van der Waals surface area contributed by atoms with E-state index < -0.39 is 0 Å². The molecule has 0 saturated heterocycles. The van der Waals surface area contributed by atoms with E-state index in [1.807, 2.05) is 30.3 Å². The van der Waals surface area contributed by atoms with Gasteiger partial charge in [-0.2, -0.15) is 0 Å². The summed E-state index contributed by atoms with van der Waals surface area (Å²) in [5.41, 5.74) is 3.58. The Kier molecular flexibility index (Phi) is 4.19. The molecule has 0 spiro atoms. The molecular weight excluding hydrogens is 335 g/mol. The first-order valence-corrected chi connectivity index (χ1v) is 8.93. The number of anilines is 1. The molecule has 0 amide bonds. The number of hydrogen-bond acceptors (Lipinski definition) is 4. The van der Waals surface area contributed by atoms with Gasteiger partial charge in [0.15, 0.2) is 0 Å². The van der Waals surface area contributed by atoms with E-state index in [9.17, 15) is 4.39 Å². The lowest BCUT2D eigenvalue weighted by molar-refractivity contribution is 0.627. The van der Waals surface area contributed by atoms with Gasteiger partial charge in [-0.05, 0) is 37.3 Å². The van der Waals surface area contributed by atoms with Crippen LogP contribution in [-0.2, 0) is 6.54 Å². The molecule has 4 aromatic rings. The number of nitrogens with one attached hydrogen (secondary N) is 1. The van der Waals surface area contributed by atoms with E-state index in [2.05, 4.69) is 26.8 Å². The van der Waals surface area contributed by atoms with Gasteiger partial charge in [-0.3, -0.25) is 0 Å². The molecular formula is C19H17FN4S. The van der Waals surface area contributed by atoms with Crippen molar-refractivity contribution in [2.24, 2.45) is 0 Å². The van der Waals surface area contributed by atoms with Crippen LogP contribution >= 0.6 is 11.3 Å². The fourth-order valence-electron chi connectivity index (χ4n) is 2.84. The van der Waals surface area contributed by atoms with Crippen molar-refractivity contribution in [3.05, 3.63) is 66.5 Å². The average molecular weight is 352 g/mol. The summed E-state index contributed by atoms with van der Waals surface area (Å²) < 4.78 is 15.4. The molecule has 0 saturated carbocycles. The first-order valence-electron chi connectivity index (χ1n) is 8.11. The lowest BCUT2D eigenvalue weighted by Crippen LogP contribution is -2.22. The van der Waals surface area contributed by atoms with Crippen LogP contribution in [0.2, 0.25) is 0 Å². The molecule has 6 heteroatoms. The Bertz CT molecular complexity index is 961. The highest BCUT2D eigenvalue weighted by molar-refractivity contribution is 7.21. The topological polar surface area (TPSA) is 44.8 Å². The number of hydrogen-bond donors (Lipinski definition) is 1. The van der Waals surface area contributed by atoms with E-state index in [-0.39, 0.29) is 5.82 Å². The first kappa shape index (κ1) is 15.8. The molecule has 0 aliphatic carbocycles. The number of aromatic amines is 1. The van der Waals surface area contributed by atoms with Crippen molar-refractivity contribution < 1.29 is 4.39 Å². The molecule has 126 valence electrons. The zero-order valence-corrected chi connectivity index (χ0v) is 14.6. The fraction of sp³-hybridized carbons (Fsp3) is 0.158. The number of rotatable bonds is 5. The third-order valence-electron chi connectivity index (χ3n) is 4.09. The van der Waals surface area contributed by atoms with Gasteiger partial charge in [0.05, 0.1) is 28.8 Å². The zero-order chi connectivity index (χ0) is 17.2. The maximum Gasteiger partial charge on any atom is 0.125 e. The highest BCUT2D eigenvalue weighted by Gasteiger charge is 2.13. The van der Waals surface area contributed by atoms with E-state index in [1.165, 1.54) is 0 Å². The number of aromatic nitrogens is 3. The molecule has 2 aromatic carbocycles. The minimum Gasteiger partial charge on any atom is -0.366 e. The number of benzene rings is 2. The minimum absolute atomic E-state index is 0.255. The lowest BCUT2D eigenvalue weighted by atomic mass is 10.1. The summed E-state index contributed by atoms with van der Waals surface area (Å²) in [5.74, 6) is -0.255. The van der Waals surface area contributed by atoms with E-state index in [1.54, 1.807) is 36.0 Å². The van der Waals surface area contributed by atoms with Gasteiger partial charge in [-0.1, -0.05) is 12.1 Å². The van der Waals surface area contributed by atoms with Crippen LogP contribution in [0.5, 0.6) is 0 Å². The van der Waals surface area contributed by atoms with Gasteiger partial charge in [-0.25, -0.2) is 14.4 Å². The number of imidazole rings is 1. The smallest absolute Gasteiger partial charge is 0.125 e. The second-order valence-electron chi connectivity index (χ2n) is 5.78. The number of para-hydroxylation sites is 1. The second-order valence-corrected chi connectivity index (χ2v) is 6.81. The molecule has 1 N–H and O–H groups in total. The molecule has 0 unspecified atom stereocenters. The van der Waals surface area contributed by atoms with Gasteiger partial charge in [0.2, 0.25) is 0 Å². The predicted octanol–water partition coefficient (Wildman–Crippen LogP) is 4.85. The number of H-pyrrole nitrogens is 1. The molecule has 0 aliphatic rings. The summed E-state index contributed by atoms with van der Waals surface area (Å²) in [6.07, 6.45) is 3.44. The van der Waals surface area contributed by atoms with Gasteiger partial charge >= 0.3 is 0 Å². The largest absolute Gasteiger partial charge is 0.366 e. The average Bonchev–Trinajstić information content (AvgIpc) is 3.28. The second kappa shape index (κ2) is 6.64. The summed E-state index contributed by atoms with van der Waals surface area (Å²) in [5, 5.41) is 0.833. The zero-order valence-electron chi connectivity index (χ0n) is 13.7. The number of nitrogens with zero attached hydrogens (tertiary/aromatic N) is 3. The quantitative estimate of drug-likeness (QED) is 0.558. The first-order chi connectivity index (χ1) is 12.2. The number of halogens is 1. The monoisotopic (exact) mass is 352 g/mol. The molecule has 0 fully saturated rings. The van der Waals surface area contributed by atoms with Crippen molar-refractivity contribution in [1.82, 2.24) is 15.0 Å². The summed E-state index contributed by atoms with van der Waals surface area (Å²) in [6, 6.07) is 13.1. The molecule has 0 bridgehead atoms. The normalized spacial score (nSPS) is 11.1. The van der Waals surface area contributed by atoms with Crippen molar-refractivity contribution in [1.29, 1.82) is 0 Å². The number of fused-ring (bicyclic) bond motifs is 1. The molecule has 0 radical (unpaired) electrons. The molecule has 2 heterocycles. The van der Waals surface area contributed by atoms with Crippen LogP contribution in [-0.4, -0.2) is 21.5 Å². The van der Waals surface area contributed by atoms with Crippen molar-refractivity contribution in [3.63, 3.8) is 0 Å². The van der Waals surface area contributed by atoms with Crippen molar-refractivity contribution in [2.45, 2.75) is 13.5 Å². The van der Waals surface area contributed by atoms with Crippen LogP contribution in [0, 0.1) is 5.82 Å². The molecule has 0 aliphatic heterocycles. The molecule has 25 heavy (non-hydrogen) atoms. The van der Waals surface area contributed by atoms with Crippen LogP contribution in [0.1, 0.15) is 12.6 Å². The minimum atomic E-state index is -0.255. The highest BCUT2D eigenvalue weighted by Crippen LogP contribution is 2.33. The van der Waals surface area contributed by atoms with Crippen LogP contribution < -0.4 is 4.90 Å². The van der Waals surface area contributed by atoms with Crippen molar-refractivity contribution >= 4 is 27.2 Å². The Morgan fingerprint density at radius 2 is 2.08 bits per heavy atom. The Morgan fingerprint density at radius 1 is 1.20 bits per heavy atom. The Hall–Kier alpha value is -2.73. The molecule has 2 aromatic heterocycles. The predicted molar refractivity (Wildman–Crippen MR) is 100 cm³/mol. The molecule has 4 nitrogen and oxygen atoms in total. The van der Waals surface area contributed by atoms with Crippen LogP contribution in [0.25, 0.3) is 20.8 Å². The van der Waals surface area contributed by atoms with Gasteiger partial charge in [-0.15, -0.1) is 11.3 Å². The standard InChI is InChI=1S/C19H17FN4S/c1-2-24(11-15-10-21-12-22-15)16-8-13(7-14(20)9-16)19-23-17-5-3-4-6-18(17)25-19/h3-10,12H,2,11H2,1H3,(H,21,22). The van der Waals surface area contributed by atoms with Crippen molar-refractivity contribution in [2.75, 3.05) is 11.4 Å². The third-order valence-corrected chi connectivity index (χ3v) is 5.17. The van der Waals surface area contributed by atoms with Gasteiger partial charge in [0.1, 0.15) is 10.8 Å². The Balaban J connectivity index is 1.72. The van der Waals surface area contributed by atoms with Crippen molar-refractivity contribution in [3.8, 4) is 10.6 Å². The molecule has 4 rings (SSSR count). The summed E-state index contributed by atoms with van der Waals surface area (Å²) in [4.78, 5) is 13.9. The van der Waals surface area contributed by atoms with Crippen LogP contribution in [0.15, 0.2) is 55.0 Å². The Labute approximate surface area is 149 Å². The maximum absolute atomic E-state index is 14.3. The Morgan fingerprint density at radius 3 is 2.84 bits per heavy atom. The SMILES string of the molecule is CCN(Cc1cnc[nH]1)c1cc(F)cc(-c2nc3ccccc3s2)c1. The van der Waals surface area contributed by atoms with Gasteiger partial charge in [0, 0.05) is 24.0 Å². The van der Waals surface area contributed by atoms with E-state index in [0.717, 1.165) is 38.7 Å². The highest BCUT2D eigenvalue weighted by atomic mass is 32.1. The van der Waals surface area contributed by atoms with E-state index in [4.69, 9.17) is 0 Å². The summed E-state index contributed by atoms with van der Waals surface area (Å²) in [6.45, 7) is 3.47.